The number of amides is 1. The quantitative estimate of drug-likeness (QED) is 0.731. The average molecular weight is 271 g/mol. The van der Waals surface area contributed by atoms with E-state index < -0.39 is 5.60 Å². The van der Waals surface area contributed by atoms with Gasteiger partial charge in [0.25, 0.3) is 0 Å². The predicted octanol–water partition coefficient (Wildman–Crippen LogP) is 1.75. The third-order valence-electron chi connectivity index (χ3n) is 2.98. The van der Waals surface area contributed by atoms with Crippen molar-refractivity contribution in [1.82, 2.24) is 4.90 Å². The van der Waals surface area contributed by atoms with Crippen molar-refractivity contribution in [3.8, 4) is 0 Å². The summed E-state index contributed by atoms with van der Waals surface area (Å²) in [5.74, 6) is -0.303. The summed E-state index contributed by atoms with van der Waals surface area (Å²) in [7, 11) is 0. The lowest BCUT2D eigenvalue weighted by molar-refractivity contribution is -0.157. The molecule has 0 aromatic carbocycles. The SMILES string of the molecule is CCC1COCCN1C(=O)CCC(=O)OC(C)(C)C. The molecule has 1 saturated heterocycles. The molecule has 1 amide bonds. The molecule has 1 atom stereocenters. The highest BCUT2D eigenvalue weighted by Crippen LogP contribution is 2.14. The molecule has 0 N–H and O–H groups in total. The Labute approximate surface area is 115 Å². The van der Waals surface area contributed by atoms with Crippen molar-refractivity contribution in [2.24, 2.45) is 0 Å². The van der Waals surface area contributed by atoms with E-state index in [9.17, 15) is 9.59 Å². The van der Waals surface area contributed by atoms with Crippen molar-refractivity contribution >= 4 is 11.9 Å². The first-order valence-corrected chi connectivity index (χ1v) is 6.92. The second-order valence-corrected chi connectivity index (χ2v) is 5.81. The van der Waals surface area contributed by atoms with Gasteiger partial charge in [0, 0.05) is 13.0 Å². The molecule has 1 aliphatic rings. The maximum atomic E-state index is 12.1. The van der Waals surface area contributed by atoms with Crippen molar-refractivity contribution in [1.29, 1.82) is 0 Å². The number of hydrogen-bond acceptors (Lipinski definition) is 4. The lowest BCUT2D eigenvalue weighted by atomic mass is 10.1. The van der Waals surface area contributed by atoms with Crippen LogP contribution >= 0.6 is 0 Å². The van der Waals surface area contributed by atoms with E-state index in [0.717, 1.165) is 6.42 Å². The van der Waals surface area contributed by atoms with Gasteiger partial charge in [-0.1, -0.05) is 6.92 Å². The van der Waals surface area contributed by atoms with Gasteiger partial charge in [0.2, 0.25) is 5.91 Å². The second-order valence-electron chi connectivity index (χ2n) is 5.81. The Morgan fingerprint density at radius 1 is 1.32 bits per heavy atom. The van der Waals surface area contributed by atoms with Crippen molar-refractivity contribution in [2.45, 2.75) is 58.6 Å². The van der Waals surface area contributed by atoms with E-state index in [0.29, 0.717) is 19.8 Å². The van der Waals surface area contributed by atoms with E-state index in [1.54, 1.807) is 0 Å². The third kappa shape index (κ3) is 5.59. The molecular formula is C14H25NO4. The number of ether oxygens (including phenoxy) is 2. The number of nitrogens with zero attached hydrogens (tertiary/aromatic N) is 1. The van der Waals surface area contributed by atoms with Crippen LogP contribution in [-0.4, -0.2) is 48.2 Å². The fraction of sp³-hybridized carbons (Fsp3) is 0.857. The minimum atomic E-state index is -0.495. The summed E-state index contributed by atoms with van der Waals surface area (Å²) in [4.78, 5) is 25.5. The largest absolute Gasteiger partial charge is 0.460 e. The molecule has 0 aliphatic carbocycles. The second kappa shape index (κ2) is 6.89. The molecule has 5 nitrogen and oxygen atoms in total. The van der Waals surface area contributed by atoms with E-state index in [1.807, 2.05) is 32.6 Å². The zero-order chi connectivity index (χ0) is 14.5. The summed E-state index contributed by atoms with van der Waals surface area (Å²) >= 11 is 0. The van der Waals surface area contributed by atoms with Gasteiger partial charge in [0.05, 0.1) is 25.7 Å². The normalized spacial score (nSPS) is 20.2. The molecule has 19 heavy (non-hydrogen) atoms. The summed E-state index contributed by atoms with van der Waals surface area (Å²) in [5, 5.41) is 0. The lowest BCUT2D eigenvalue weighted by Gasteiger charge is -2.35. The Kier molecular flexibility index (Phi) is 5.79. The highest BCUT2D eigenvalue weighted by Gasteiger charge is 2.26. The summed E-state index contributed by atoms with van der Waals surface area (Å²) in [6.07, 6.45) is 1.23. The fourth-order valence-electron chi connectivity index (χ4n) is 2.07. The molecule has 0 bridgehead atoms. The number of carbonyl (C=O) groups is 2. The monoisotopic (exact) mass is 271 g/mol. The van der Waals surface area contributed by atoms with Crippen molar-refractivity contribution in [3.05, 3.63) is 0 Å². The van der Waals surface area contributed by atoms with Crippen molar-refractivity contribution < 1.29 is 19.1 Å². The van der Waals surface area contributed by atoms with Gasteiger partial charge in [-0.2, -0.15) is 0 Å². The van der Waals surface area contributed by atoms with Crippen LogP contribution in [0, 0.1) is 0 Å². The topological polar surface area (TPSA) is 55.8 Å². The van der Waals surface area contributed by atoms with Crippen LogP contribution in [0.5, 0.6) is 0 Å². The molecule has 0 aromatic heterocycles. The van der Waals surface area contributed by atoms with Gasteiger partial charge in [0.1, 0.15) is 5.60 Å². The molecule has 0 radical (unpaired) electrons. The first-order valence-electron chi connectivity index (χ1n) is 6.92. The number of morpholine rings is 1. The summed E-state index contributed by atoms with van der Waals surface area (Å²) in [5.41, 5.74) is -0.495. The van der Waals surface area contributed by atoms with Crippen LogP contribution < -0.4 is 0 Å². The van der Waals surface area contributed by atoms with E-state index >= 15 is 0 Å². The predicted molar refractivity (Wildman–Crippen MR) is 71.7 cm³/mol. The van der Waals surface area contributed by atoms with Crippen LogP contribution in [0.15, 0.2) is 0 Å². The minimum Gasteiger partial charge on any atom is -0.460 e. The van der Waals surface area contributed by atoms with E-state index in [4.69, 9.17) is 9.47 Å². The Morgan fingerprint density at radius 2 is 2.00 bits per heavy atom. The molecule has 1 fully saturated rings. The molecule has 1 aliphatic heterocycles. The molecule has 1 heterocycles. The molecule has 1 rings (SSSR count). The maximum absolute atomic E-state index is 12.1. The van der Waals surface area contributed by atoms with Gasteiger partial charge in [-0.15, -0.1) is 0 Å². The van der Waals surface area contributed by atoms with Crippen LogP contribution in [-0.2, 0) is 19.1 Å². The standard InChI is InChI=1S/C14H25NO4/c1-5-11-10-18-9-8-15(11)12(16)6-7-13(17)19-14(2,3)4/h11H,5-10H2,1-4H3. The van der Waals surface area contributed by atoms with E-state index in [1.165, 1.54) is 0 Å². The smallest absolute Gasteiger partial charge is 0.306 e. The zero-order valence-electron chi connectivity index (χ0n) is 12.4. The molecule has 0 saturated carbocycles. The Balaban J connectivity index is 2.39. The minimum absolute atomic E-state index is 0.0148. The molecule has 0 spiro atoms. The molecule has 5 heteroatoms. The number of esters is 1. The van der Waals surface area contributed by atoms with Gasteiger partial charge in [-0.25, -0.2) is 0 Å². The summed E-state index contributed by atoms with van der Waals surface area (Å²) in [6.45, 7) is 9.29. The third-order valence-corrected chi connectivity index (χ3v) is 2.98. The van der Waals surface area contributed by atoms with Crippen molar-refractivity contribution in [2.75, 3.05) is 19.8 Å². The van der Waals surface area contributed by atoms with Gasteiger partial charge < -0.3 is 14.4 Å². The first-order chi connectivity index (χ1) is 8.83. The highest BCUT2D eigenvalue weighted by molar-refractivity contribution is 5.81. The van der Waals surface area contributed by atoms with Crippen LogP contribution in [0.1, 0.15) is 47.0 Å². The Hall–Kier alpha value is -1.10. The summed E-state index contributed by atoms with van der Waals surface area (Å²) in [6, 6.07) is 0.139. The Bertz CT molecular complexity index is 322. The molecule has 1 unspecified atom stereocenters. The first kappa shape index (κ1) is 16.0. The van der Waals surface area contributed by atoms with Gasteiger partial charge in [-0.3, -0.25) is 9.59 Å². The van der Waals surface area contributed by atoms with Crippen molar-refractivity contribution in [3.63, 3.8) is 0 Å². The van der Waals surface area contributed by atoms with E-state index in [2.05, 4.69) is 0 Å². The highest BCUT2D eigenvalue weighted by atomic mass is 16.6. The number of carbonyl (C=O) groups excluding carboxylic acids is 2. The van der Waals surface area contributed by atoms with Crippen LogP contribution in [0.2, 0.25) is 0 Å². The summed E-state index contributed by atoms with van der Waals surface area (Å²) < 4.78 is 10.6. The Morgan fingerprint density at radius 3 is 2.58 bits per heavy atom. The number of rotatable bonds is 4. The fourth-order valence-corrected chi connectivity index (χ4v) is 2.07. The van der Waals surface area contributed by atoms with Gasteiger partial charge in [-0.05, 0) is 27.2 Å². The average Bonchev–Trinajstić information content (AvgIpc) is 2.33. The van der Waals surface area contributed by atoms with E-state index in [-0.39, 0.29) is 30.8 Å². The number of hydrogen-bond donors (Lipinski definition) is 0. The molecule has 110 valence electrons. The zero-order valence-corrected chi connectivity index (χ0v) is 12.4. The van der Waals surface area contributed by atoms with Crippen LogP contribution in [0.25, 0.3) is 0 Å². The maximum Gasteiger partial charge on any atom is 0.306 e. The molecular weight excluding hydrogens is 246 g/mol. The molecule has 0 aromatic rings. The van der Waals surface area contributed by atoms with Crippen LogP contribution in [0.4, 0.5) is 0 Å². The van der Waals surface area contributed by atoms with Gasteiger partial charge in [0.15, 0.2) is 0 Å². The van der Waals surface area contributed by atoms with Crippen LogP contribution in [0.3, 0.4) is 0 Å². The van der Waals surface area contributed by atoms with Gasteiger partial charge >= 0.3 is 5.97 Å². The lowest BCUT2D eigenvalue weighted by Crippen LogP contribution is -2.48.